The first kappa shape index (κ1) is 12.6. The van der Waals surface area contributed by atoms with Crippen LogP contribution in [0.1, 0.15) is 35.2 Å². The van der Waals surface area contributed by atoms with Gasteiger partial charge in [-0.2, -0.15) is 0 Å². The summed E-state index contributed by atoms with van der Waals surface area (Å²) in [5.74, 6) is 5.28. The smallest absolute Gasteiger partial charge is 0.255 e. The van der Waals surface area contributed by atoms with E-state index in [1.54, 1.807) is 23.4 Å². The van der Waals surface area contributed by atoms with E-state index in [1.165, 1.54) is 6.42 Å². The Labute approximate surface area is 107 Å². The van der Waals surface area contributed by atoms with Crippen LogP contribution in [0.2, 0.25) is 0 Å². The Hall–Kier alpha value is -1.86. The molecule has 0 saturated heterocycles. The summed E-state index contributed by atoms with van der Waals surface area (Å²) < 4.78 is 0. The molecule has 1 aromatic rings. The van der Waals surface area contributed by atoms with Crippen LogP contribution in [-0.2, 0) is 0 Å². The Morgan fingerprint density at radius 3 is 2.94 bits per heavy atom. The van der Waals surface area contributed by atoms with E-state index < -0.39 is 0 Å². The van der Waals surface area contributed by atoms with E-state index in [2.05, 4.69) is 16.8 Å². The number of carbonyl (C=O) groups excluding carboxylic acids is 1. The van der Waals surface area contributed by atoms with Gasteiger partial charge in [-0.05, 0) is 25.3 Å². The Morgan fingerprint density at radius 1 is 1.56 bits per heavy atom. The van der Waals surface area contributed by atoms with Crippen molar-refractivity contribution in [2.24, 2.45) is 0 Å². The highest BCUT2D eigenvalue weighted by Crippen LogP contribution is 2.24. The second-order valence-electron chi connectivity index (χ2n) is 4.42. The van der Waals surface area contributed by atoms with Gasteiger partial charge in [0.25, 0.3) is 5.91 Å². The molecule has 1 amide bonds. The average Bonchev–Trinajstić information content (AvgIpc) is 2.33. The van der Waals surface area contributed by atoms with Gasteiger partial charge in [0.05, 0.1) is 5.56 Å². The minimum atomic E-state index is -0.194. The third-order valence-corrected chi connectivity index (χ3v) is 3.24. The van der Waals surface area contributed by atoms with E-state index in [1.807, 2.05) is 7.05 Å². The Bertz CT molecular complexity index is 498. The summed E-state index contributed by atoms with van der Waals surface area (Å²) in [5.41, 5.74) is 1.20. The largest absolute Gasteiger partial charge is 0.384 e. The molecule has 18 heavy (non-hydrogen) atoms. The molecule has 2 rings (SSSR count). The van der Waals surface area contributed by atoms with Crippen LogP contribution in [0.25, 0.3) is 0 Å². The zero-order valence-electron chi connectivity index (χ0n) is 10.4. The Morgan fingerprint density at radius 2 is 2.33 bits per heavy atom. The summed E-state index contributed by atoms with van der Waals surface area (Å²) in [5, 5.41) is 8.64. The fourth-order valence-electron chi connectivity index (χ4n) is 1.91. The van der Waals surface area contributed by atoms with Gasteiger partial charge in [0, 0.05) is 31.0 Å². The van der Waals surface area contributed by atoms with E-state index in [0.29, 0.717) is 17.2 Å². The van der Waals surface area contributed by atoms with Gasteiger partial charge in [0.2, 0.25) is 0 Å². The van der Waals surface area contributed by atoms with Crippen molar-refractivity contribution >= 4 is 5.91 Å². The molecule has 1 saturated carbocycles. The van der Waals surface area contributed by atoms with Crippen LogP contribution in [-0.4, -0.2) is 40.6 Å². The lowest BCUT2D eigenvalue weighted by Crippen LogP contribution is -2.41. The number of aliphatic hydroxyl groups is 1. The fourth-order valence-corrected chi connectivity index (χ4v) is 1.91. The van der Waals surface area contributed by atoms with Crippen LogP contribution < -0.4 is 0 Å². The van der Waals surface area contributed by atoms with Crippen LogP contribution in [0.3, 0.4) is 0 Å². The first-order chi connectivity index (χ1) is 8.72. The summed E-state index contributed by atoms with van der Waals surface area (Å²) in [4.78, 5) is 18.0. The van der Waals surface area contributed by atoms with Crippen molar-refractivity contribution in [1.82, 2.24) is 9.88 Å². The molecule has 1 heterocycles. The second-order valence-corrected chi connectivity index (χ2v) is 4.42. The van der Waals surface area contributed by atoms with E-state index >= 15 is 0 Å². The van der Waals surface area contributed by atoms with Crippen molar-refractivity contribution in [1.29, 1.82) is 0 Å². The summed E-state index contributed by atoms with van der Waals surface area (Å²) in [6.45, 7) is -0.194. The third kappa shape index (κ3) is 2.69. The number of nitrogens with zero attached hydrogens (tertiary/aromatic N) is 2. The molecule has 1 fully saturated rings. The lowest BCUT2D eigenvalue weighted by atomic mass is 9.91. The molecule has 0 aromatic carbocycles. The fraction of sp³-hybridized carbons (Fsp3) is 0.429. The minimum Gasteiger partial charge on any atom is -0.384 e. The lowest BCUT2D eigenvalue weighted by molar-refractivity contribution is 0.0651. The van der Waals surface area contributed by atoms with E-state index in [0.717, 1.165) is 12.8 Å². The van der Waals surface area contributed by atoms with Gasteiger partial charge in [-0.25, -0.2) is 0 Å². The van der Waals surface area contributed by atoms with Crippen molar-refractivity contribution in [3.63, 3.8) is 0 Å². The first-order valence-electron chi connectivity index (χ1n) is 6.04. The second kappa shape index (κ2) is 5.65. The number of hydrogen-bond donors (Lipinski definition) is 1. The highest BCUT2D eigenvalue weighted by molar-refractivity contribution is 5.94. The molecule has 4 heteroatoms. The number of amides is 1. The monoisotopic (exact) mass is 244 g/mol. The maximum Gasteiger partial charge on any atom is 0.255 e. The predicted molar refractivity (Wildman–Crippen MR) is 67.9 cm³/mol. The van der Waals surface area contributed by atoms with Crippen molar-refractivity contribution in [3.05, 3.63) is 29.6 Å². The number of aromatic nitrogens is 1. The molecule has 1 N–H and O–H groups in total. The van der Waals surface area contributed by atoms with E-state index in [-0.39, 0.29) is 12.5 Å². The number of aliphatic hydroxyl groups excluding tert-OH is 1. The van der Waals surface area contributed by atoms with Crippen LogP contribution in [0.5, 0.6) is 0 Å². The van der Waals surface area contributed by atoms with Crippen molar-refractivity contribution in [2.75, 3.05) is 13.7 Å². The maximum atomic E-state index is 12.2. The average molecular weight is 244 g/mol. The van der Waals surface area contributed by atoms with Crippen molar-refractivity contribution < 1.29 is 9.90 Å². The molecule has 1 aromatic heterocycles. The highest BCUT2D eigenvalue weighted by Gasteiger charge is 2.26. The lowest BCUT2D eigenvalue weighted by Gasteiger charge is -2.34. The highest BCUT2D eigenvalue weighted by atomic mass is 16.2. The summed E-state index contributed by atoms with van der Waals surface area (Å²) in [6.07, 6.45) is 6.51. The van der Waals surface area contributed by atoms with Gasteiger partial charge < -0.3 is 10.0 Å². The van der Waals surface area contributed by atoms with Crippen molar-refractivity contribution in [2.45, 2.75) is 25.3 Å². The maximum absolute atomic E-state index is 12.2. The molecule has 0 spiro atoms. The molecule has 4 nitrogen and oxygen atoms in total. The van der Waals surface area contributed by atoms with Gasteiger partial charge in [-0.1, -0.05) is 11.8 Å². The van der Waals surface area contributed by atoms with E-state index in [4.69, 9.17) is 5.11 Å². The number of hydrogen-bond acceptors (Lipinski definition) is 3. The van der Waals surface area contributed by atoms with Gasteiger partial charge in [0.1, 0.15) is 6.61 Å². The molecule has 0 unspecified atom stereocenters. The number of pyridine rings is 1. The SMILES string of the molecule is CN(C(=O)c1cncc(C#CCO)c1)C1CCC1. The van der Waals surface area contributed by atoms with Crippen LogP contribution >= 0.6 is 0 Å². The molecular weight excluding hydrogens is 228 g/mol. The van der Waals surface area contributed by atoms with E-state index in [9.17, 15) is 4.79 Å². The minimum absolute atomic E-state index is 0.0140. The normalized spacial score (nSPS) is 14.3. The van der Waals surface area contributed by atoms with Gasteiger partial charge >= 0.3 is 0 Å². The molecule has 0 bridgehead atoms. The van der Waals surface area contributed by atoms with Crippen LogP contribution in [0.15, 0.2) is 18.5 Å². The molecule has 0 radical (unpaired) electrons. The summed E-state index contributed by atoms with van der Waals surface area (Å²) in [7, 11) is 1.83. The Kier molecular flexibility index (Phi) is 3.96. The standard InChI is InChI=1S/C14H16N2O2/c1-16(13-5-2-6-13)14(18)12-8-11(4-3-7-17)9-15-10-12/h8-10,13,17H,2,5-7H2,1H3. The molecule has 0 atom stereocenters. The molecule has 94 valence electrons. The predicted octanol–water partition coefficient (Wildman–Crippen LogP) is 1.05. The number of carbonyl (C=O) groups is 1. The van der Waals surface area contributed by atoms with Crippen LogP contribution in [0.4, 0.5) is 0 Å². The topological polar surface area (TPSA) is 53.4 Å². The zero-order valence-corrected chi connectivity index (χ0v) is 10.4. The summed E-state index contributed by atoms with van der Waals surface area (Å²) in [6, 6.07) is 2.08. The molecule has 0 aliphatic heterocycles. The number of rotatable bonds is 2. The molecule has 1 aliphatic carbocycles. The summed E-state index contributed by atoms with van der Waals surface area (Å²) >= 11 is 0. The van der Waals surface area contributed by atoms with Crippen molar-refractivity contribution in [3.8, 4) is 11.8 Å². The third-order valence-electron chi connectivity index (χ3n) is 3.24. The van der Waals surface area contributed by atoms with Gasteiger partial charge in [-0.15, -0.1) is 0 Å². The zero-order chi connectivity index (χ0) is 13.0. The quantitative estimate of drug-likeness (QED) is 0.791. The molecule has 1 aliphatic rings. The van der Waals surface area contributed by atoms with Crippen LogP contribution in [0, 0.1) is 11.8 Å². The Balaban J connectivity index is 2.14. The van der Waals surface area contributed by atoms with Gasteiger partial charge in [0.15, 0.2) is 0 Å². The molecular formula is C14H16N2O2. The first-order valence-corrected chi connectivity index (χ1v) is 6.04. The van der Waals surface area contributed by atoms with Gasteiger partial charge in [-0.3, -0.25) is 9.78 Å².